The van der Waals surface area contributed by atoms with Crippen LogP contribution < -0.4 is 5.73 Å². The van der Waals surface area contributed by atoms with E-state index in [1.807, 2.05) is 13.0 Å². The third-order valence-corrected chi connectivity index (χ3v) is 1.49. The Bertz CT molecular complexity index is 338. The van der Waals surface area contributed by atoms with Gasteiger partial charge >= 0.3 is 0 Å². The molecule has 1 atom stereocenters. The molecule has 0 aromatic heterocycles. The van der Waals surface area contributed by atoms with Gasteiger partial charge in [0.05, 0.1) is 6.04 Å². The van der Waals surface area contributed by atoms with Crippen molar-refractivity contribution in [2.45, 2.75) is 19.9 Å². The summed E-state index contributed by atoms with van der Waals surface area (Å²) in [5.41, 5.74) is 6.99. The monoisotopic (exact) mass is 177 g/mol. The highest BCUT2D eigenvalue weighted by Crippen LogP contribution is 2.06. The summed E-state index contributed by atoms with van der Waals surface area (Å²) < 4.78 is 12.9. The molecule has 0 spiro atoms. The van der Waals surface area contributed by atoms with E-state index >= 15 is 0 Å². The van der Waals surface area contributed by atoms with Crippen molar-refractivity contribution in [1.82, 2.24) is 0 Å². The van der Waals surface area contributed by atoms with Gasteiger partial charge in [0.1, 0.15) is 5.82 Å². The highest BCUT2D eigenvalue weighted by atomic mass is 19.1. The van der Waals surface area contributed by atoms with Gasteiger partial charge in [-0.25, -0.2) is 4.39 Å². The zero-order valence-corrected chi connectivity index (χ0v) is 7.76. The number of hydrogen-bond donors (Lipinski definition) is 1. The van der Waals surface area contributed by atoms with Crippen LogP contribution in [-0.2, 0) is 0 Å². The first-order chi connectivity index (χ1) is 6.08. The number of hydrogen-bond acceptors (Lipinski definition) is 1. The molecule has 1 unspecified atom stereocenters. The van der Waals surface area contributed by atoms with Gasteiger partial charge in [-0.3, -0.25) is 0 Å². The summed E-state index contributed by atoms with van der Waals surface area (Å²) in [7, 11) is 0. The average Bonchev–Trinajstić information content (AvgIpc) is 1.99. The van der Waals surface area contributed by atoms with E-state index in [1.165, 1.54) is 12.1 Å². The van der Waals surface area contributed by atoms with Gasteiger partial charge < -0.3 is 5.73 Å². The first kappa shape index (κ1) is 9.76. The van der Waals surface area contributed by atoms with Crippen LogP contribution in [0, 0.1) is 24.6 Å². The summed E-state index contributed by atoms with van der Waals surface area (Å²) in [6.45, 7) is 3.62. The fraction of sp³-hybridized carbons (Fsp3) is 0.273. The van der Waals surface area contributed by atoms with E-state index in [0.29, 0.717) is 5.56 Å². The third-order valence-electron chi connectivity index (χ3n) is 1.49. The molecule has 1 aromatic rings. The van der Waals surface area contributed by atoms with Crippen LogP contribution in [0.4, 0.5) is 4.39 Å². The predicted molar refractivity (Wildman–Crippen MR) is 51.7 cm³/mol. The van der Waals surface area contributed by atoms with E-state index in [-0.39, 0.29) is 11.9 Å². The summed E-state index contributed by atoms with van der Waals surface area (Å²) in [6.07, 6.45) is 0. The van der Waals surface area contributed by atoms with E-state index in [0.717, 1.165) is 5.56 Å². The van der Waals surface area contributed by atoms with Crippen molar-refractivity contribution in [2.75, 3.05) is 0 Å². The van der Waals surface area contributed by atoms with Crippen LogP contribution in [0.15, 0.2) is 18.2 Å². The maximum absolute atomic E-state index is 12.9. The third kappa shape index (κ3) is 3.27. The molecule has 0 radical (unpaired) electrons. The minimum atomic E-state index is -0.256. The minimum Gasteiger partial charge on any atom is -0.318 e. The lowest BCUT2D eigenvalue weighted by atomic mass is 10.1. The molecule has 0 aliphatic heterocycles. The van der Waals surface area contributed by atoms with Gasteiger partial charge in [0, 0.05) is 5.56 Å². The zero-order valence-electron chi connectivity index (χ0n) is 7.76. The van der Waals surface area contributed by atoms with Crippen molar-refractivity contribution in [1.29, 1.82) is 0 Å². The summed E-state index contributed by atoms with van der Waals surface area (Å²) in [6, 6.07) is 4.53. The normalized spacial score (nSPS) is 11.7. The zero-order chi connectivity index (χ0) is 9.84. The second-order valence-electron chi connectivity index (χ2n) is 3.08. The Balaban J connectivity index is 2.98. The van der Waals surface area contributed by atoms with Crippen LogP contribution in [0.3, 0.4) is 0 Å². The van der Waals surface area contributed by atoms with E-state index in [1.54, 1.807) is 6.92 Å². The first-order valence-electron chi connectivity index (χ1n) is 4.12. The second-order valence-corrected chi connectivity index (χ2v) is 3.08. The van der Waals surface area contributed by atoms with Crippen molar-refractivity contribution in [2.24, 2.45) is 5.73 Å². The van der Waals surface area contributed by atoms with Gasteiger partial charge in [0.15, 0.2) is 0 Å². The maximum Gasteiger partial charge on any atom is 0.124 e. The summed E-state index contributed by atoms with van der Waals surface area (Å²) >= 11 is 0. The molecule has 13 heavy (non-hydrogen) atoms. The molecule has 2 heteroatoms. The van der Waals surface area contributed by atoms with Crippen LogP contribution >= 0.6 is 0 Å². The molecule has 1 nitrogen and oxygen atoms in total. The van der Waals surface area contributed by atoms with E-state index in [9.17, 15) is 4.39 Å². The Hall–Kier alpha value is -1.33. The molecule has 2 N–H and O–H groups in total. The standard InChI is InChI=1S/C11H12FN/c1-8-5-10(4-3-9(2)13)7-11(12)6-8/h5-7,9H,13H2,1-2H3. The molecule has 0 aliphatic rings. The lowest BCUT2D eigenvalue weighted by molar-refractivity contribution is 0.626. The fourth-order valence-corrected chi connectivity index (χ4v) is 1.01. The van der Waals surface area contributed by atoms with Crippen LogP contribution in [-0.4, -0.2) is 6.04 Å². The Morgan fingerprint density at radius 1 is 1.38 bits per heavy atom. The number of halogens is 1. The molecule has 0 saturated heterocycles. The quantitative estimate of drug-likeness (QED) is 0.601. The average molecular weight is 177 g/mol. The van der Waals surface area contributed by atoms with Gasteiger partial charge in [0.25, 0.3) is 0 Å². The Kier molecular flexibility index (Phi) is 3.05. The van der Waals surface area contributed by atoms with E-state index < -0.39 is 0 Å². The van der Waals surface area contributed by atoms with Crippen molar-refractivity contribution < 1.29 is 4.39 Å². The molecule has 0 amide bonds. The molecule has 0 aliphatic carbocycles. The Morgan fingerprint density at radius 3 is 2.62 bits per heavy atom. The summed E-state index contributed by atoms with van der Waals surface area (Å²) in [4.78, 5) is 0. The topological polar surface area (TPSA) is 26.0 Å². The van der Waals surface area contributed by atoms with Crippen molar-refractivity contribution in [3.05, 3.63) is 35.1 Å². The van der Waals surface area contributed by atoms with Gasteiger partial charge in [-0.15, -0.1) is 0 Å². The first-order valence-corrected chi connectivity index (χ1v) is 4.12. The molecule has 68 valence electrons. The molecule has 0 fully saturated rings. The summed E-state index contributed by atoms with van der Waals surface area (Å²) in [5.74, 6) is 5.33. The lowest BCUT2D eigenvalue weighted by Crippen LogP contribution is -2.10. The number of rotatable bonds is 0. The van der Waals surface area contributed by atoms with Gasteiger partial charge in [-0.1, -0.05) is 11.8 Å². The second kappa shape index (κ2) is 4.06. The van der Waals surface area contributed by atoms with Crippen molar-refractivity contribution in [3.8, 4) is 11.8 Å². The van der Waals surface area contributed by atoms with Crippen molar-refractivity contribution >= 4 is 0 Å². The minimum absolute atomic E-state index is 0.177. The highest BCUT2D eigenvalue weighted by Gasteiger charge is 1.94. The predicted octanol–water partition coefficient (Wildman–Crippen LogP) is 1.83. The van der Waals surface area contributed by atoms with E-state index in [4.69, 9.17) is 5.73 Å². The van der Waals surface area contributed by atoms with Gasteiger partial charge in [0.2, 0.25) is 0 Å². The van der Waals surface area contributed by atoms with Crippen molar-refractivity contribution in [3.63, 3.8) is 0 Å². The van der Waals surface area contributed by atoms with Crippen LogP contribution in [0.1, 0.15) is 18.1 Å². The largest absolute Gasteiger partial charge is 0.318 e. The number of aryl methyl sites for hydroxylation is 1. The van der Waals surface area contributed by atoms with Crippen LogP contribution in [0.25, 0.3) is 0 Å². The molecule has 0 bridgehead atoms. The number of benzene rings is 1. The smallest absolute Gasteiger partial charge is 0.124 e. The highest BCUT2D eigenvalue weighted by molar-refractivity contribution is 5.37. The van der Waals surface area contributed by atoms with Gasteiger partial charge in [-0.05, 0) is 37.6 Å². The van der Waals surface area contributed by atoms with Crippen LogP contribution in [0.2, 0.25) is 0 Å². The van der Waals surface area contributed by atoms with E-state index in [2.05, 4.69) is 11.8 Å². The van der Waals surface area contributed by atoms with Crippen LogP contribution in [0.5, 0.6) is 0 Å². The fourth-order valence-electron chi connectivity index (χ4n) is 1.01. The molecule has 1 rings (SSSR count). The molecule has 0 heterocycles. The Morgan fingerprint density at radius 2 is 2.08 bits per heavy atom. The molecular formula is C11H12FN. The number of nitrogens with two attached hydrogens (primary N) is 1. The maximum atomic E-state index is 12.9. The Labute approximate surface area is 77.8 Å². The summed E-state index contributed by atoms with van der Waals surface area (Å²) in [5, 5.41) is 0. The van der Waals surface area contributed by atoms with Gasteiger partial charge in [-0.2, -0.15) is 0 Å². The molecule has 0 saturated carbocycles. The lowest BCUT2D eigenvalue weighted by Gasteiger charge is -1.95. The SMILES string of the molecule is Cc1cc(F)cc(C#CC(C)N)c1. The molecular weight excluding hydrogens is 165 g/mol. The molecule has 1 aromatic carbocycles.